The second-order valence-electron chi connectivity index (χ2n) is 6.95. The van der Waals surface area contributed by atoms with Crippen LogP contribution >= 0.6 is 15.9 Å². The molecule has 1 aliphatic rings. The van der Waals surface area contributed by atoms with E-state index in [1.54, 1.807) is 7.11 Å². The van der Waals surface area contributed by atoms with E-state index < -0.39 is 5.60 Å². The van der Waals surface area contributed by atoms with Gasteiger partial charge in [0.1, 0.15) is 5.75 Å². The Morgan fingerprint density at radius 2 is 1.90 bits per heavy atom. The fourth-order valence-corrected chi connectivity index (χ4v) is 3.20. The Labute approximate surface area is 136 Å². The molecule has 0 aliphatic heterocycles. The number of ether oxygens (including phenoxy) is 1. The van der Waals surface area contributed by atoms with Gasteiger partial charge in [0.2, 0.25) is 0 Å². The number of halogens is 1. The molecule has 4 heteroatoms. The Hall–Kier alpha value is -0.580. The highest BCUT2D eigenvalue weighted by Gasteiger charge is 2.36. The Bertz CT molecular complexity index is 478. The van der Waals surface area contributed by atoms with Crippen LogP contribution < -0.4 is 10.1 Å². The van der Waals surface area contributed by atoms with Crippen LogP contribution in [0.2, 0.25) is 0 Å². The third-order valence-electron chi connectivity index (χ3n) is 4.56. The minimum absolute atomic E-state index is 0.377. The van der Waals surface area contributed by atoms with Crippen LogP contribution in [0.25, 0.3) is 0 Å². The molecule has 0 saturated heterocycles. The molecule has 1 aromatic rings. The summed E-state index contributed by atoms with van der Waals surface area (Å²) in [5, 5.41) is 14.0. The van der Waals surface area contributed by atoms with Crippen molar-refractivity contribution in [3.05, 3.63) is 28.2 Å². The molecule has 0 radical (unpaired) electrons. The van der Waals surface area contributed by atoms with E-state index in [9.17, 15) is 5.11 Å². The molecule has 1 aromatic carbocycles. The van der Waals surface area contributed by atoms with Crippen LogP contribution in [0, 0.1) is 5.41 Å². The summed E-state index contributed by atoms with van der Waals surface area (Å²) in [7, 11) is 1.67. The molecule has 0 aromatic heterocycles. The van der Waals surface area contributed by atoms with Crippen molar-refractivity contribution in [3.63, 3.8) is 0 Å². The first-order chi connectivity index (χ1) is 9.84. The molecule has 118 valence electrons. The summed E-state index contributed by atoms with van der Waals surface area (Å²) in [4.78, 5) is 0. The largest absolute Gasteiger partial charge is 0.497 e. The van der Waals surface area contributed by atoms with E-state index in [4.69, 9.17) is 4.74 Å². The molecule has 0 amide bonds. The summed E-state index contributed by atoms with van der Waals surface area (Å²) < 4.78 is 6.31. The van der Waals surface area contributed by atoms with Crippen LogP contribution in [-0.2, 0) is 6.54 Å². The smallest absolute Gasteiger partial charge is 0.119 e. The first-order valence-corrected chi connectivity index (χ1v) is 8.38. The molecular formula is C17H26BrNO2. The van der Waals surface area contributed by atoms with Gasteiger partial charge in [0.05, 0.1) is 12.7 Å². The summed E-state index contributed by atoms with van der Waals surface area (Å²) in [6, 6.07) is 5.95. The minimum Gasteiger partial charge on any atom is -0.497 e. The number of hydrogen-bond donors (Lipinski definition) is 2. The average Bonchev–Trinajstić information content (AvgIpc) is 2.45. The van der Waals surface area contributed by atoms with Gasteiger partial charge in [-0.25, -0.2) is 0 Å². The van der Waals surface area contributed by atoms with Crippen LogP contribution in [0.3, 0.4) is 0 Å². The number of rotatable bonds is 5. The van der Waals surface area contributed by atoms with Gasteiger partial charge in [0.25, 0.3) is 0 Å². The average molecular weight is 356 g/mol. The molecule has 0 unspecified atom stereocenters. The topological polar surface area (TPSA) is 41.5 Å². The van der Waals surface area contributed by atoms with Crippen molar-refractivity contribution < 1.29 is 9.84 Å². The van der Waals surface area contributed by atoms with Gasteiger partial charge in [0, 0.05) is 17.6 Å². The van der Waals surface area contributed by atoms with Crippen LogP contribution in [-0.4, -0.2) is 24.4 Å². The lowest BCUT2D eigenvalue weighted by Gasteiger charge is -2.40. The highest BCUT2D eigenvalue weighted by molar-refractivity contribution is 9.10. The highest BCUT2D eigenvalue weighted by atomic mass is 79.9. The van der Waals surface area contributed by atoms with Gasteiger partial charge in [-0.15, -0.1) is 0 Å². The number of hydrogen-bond acceptors (Lipinski definition) is 3. The van der Waals surface area contributed by atoms with Crippen molar-refractivity contribution >= 4 is 15.9 Å². The Balaban J connectivity index is 1.87. The van der Waals surface area contributed by atoms with Crippen molar-refractivity contribution in [1.82, 2.24) is 5.32 Å². The standard InChI is InChI=1S/C17H26BrNO2/c1-16(2)6-8-17(20,9-7-16)12-19-11-13-10-14(21-3)4-5-15(13)18/h4-5,10,19-20H,6-9,11-12H2,1-3H3. The molecule has 2 rings (SSSR count). The van der Waals surface area contributed by atoms with Gasteiger partial charge in [-0.2, -0.15) is 0 Å². The van der Waals surface area contributed by atoms with Crippen molar-refractivity contribution in [1.29, 1.82) is 0 Å². The quantitative estimate of drug-likeness (QED) is 0.841. The molecule has 0 spiro atoms. The lowest BCUT2D eigenvalue weighted by Crippen LogP contribution is -2.44. The predicted octanol–water partition coefficient (Wildman–Crippen LogP) is 3.88. The van der Waals surface area contributed by atoms with E-state index >= 15 is 0 Å². The Kier molecular flexibility index (Phi) is 5.33. The van der Waals surface area contributed by atoms with E-state index in [2.05, 4.69) is 35.1 Å². The summed E-state index contributed by atoms with van der Waals surface area (Å²) in [6.07, 6.45) is 3.95. The third-order valence-corrected chi connectivity index (χ3v) is 5.33. The van der Waals surface area contributed by atoms with E-state index in [1.165, 1.54) is 0 Å². The zero-order valence-electron chi connectivity index (χ0n) is 13.2. The first kappa shape index (κ1) is 16.8. The van der Waals surface area contributed by atoms with Crippen molar-refractivity contribution in [3.8, 4) is 5.75 Å². The zero-order valence-corrected chi connectivity index (χ0v) is 14.8. The SMILES string of the molecule is COc1ccc(Br)c(CNCC2(O)CCC(C)(C)CC2)c1. The molecule has 2 N–H and O–H groups in total. The summed E-state index contributed by atoms with van der Waals surface area (Å²) in [5.41, 5.74) is 0.970. The molecule has 21 heavy (non-hydrogen) atoms. The fraction of sp³-hybridized carbons (Fsp3) is 0.647. The third kappa shape index (κ3) is 4.70. The van der Waals surface area contributed by atoms with Gasteiger partial charge >= 0.3 is 0 Å². The summed E-state index contributed by atoms with van der Waals surface area (Å²) in [6.45, 7) is 5.94. The number of nitrogens with one attached hydrogen (secondary N) is 1. The van der Waals surface area contributed by atoms with Gasteiger partial charge in [-0.1, -0.05) is 29.8 Å². The van der Waals surface area contributed by atoms with E-state index in [0.29, 0.717) is 12.0 Å². The summed E-state index contributed by atoms with van der Waals surface area (Å²) in [5.74, 6) is 0.855. The monoisotopic (exact) mass is 355 g/mol. The second kappa shape index (κ2) is 6.67. The predicted molar refractivity (Wildman–Crippen MR) is 89.6 cm³/mol. The van der Waals surface area contributed by atoms with Gasteiger partial charge in [-0.05, 0) is 54.9 Å². The zero-order chi connectivity index (χ0) is 15.5. The maximum Gasteiger partial charge on any atom is 0.119 e. The number of benzene rings is 1. The fourth-order valence-electron chi connectivity index (χ4n) is 2.81. The number of methoxy groups -OCH3 is 1. The van der Waals surface area contributed by atoms with E-state index in [-0.39, 0.29) is 0 Å². The van der Waals surface area contributed by atoms with Crippen molar-refractivity contribution in [2.24, 2.45) is 5.41 Å². The van der Waals surface area contributed by atoms with Gasteiger partial charge in [0.15, 0.2) is 0 Å². The molecule has 3 nitrogen and oxygen atoms in total. The van der Waals surface area contributed by atoms with Crippen molar-refractivity contribution in [2.45, 2.75) is 51.7 Å². The second-order valence-corrected chi connectivity index (χ2v) is 7.80. The van der Waals surface area contributed by atoms with Crippen LogP contribution in [0.1, 0.15) is 45.1 Å². The van der Waals surface area contributed by atoms with Gasteiger partial charge in [-0.3, -0.25) is 0 Å². The highest BCUT2D eigenvalue weighted by Crippen LogP contribution is 2.39. The molecule has 0 heterocycles. The Morgan fingerprint density at radius 3 is 2.52 bits per heavy atom. The van der Waals surface area contributed by atoms with Crippen molar-refractivity contribution in [2.75, 3.05) is 13.7 Å². The molecule has 1 saturated carbocycles. The molecule has 0 bridgehead atoms. The van der Waals surface area contributed by atoms with Gasteiger partial charge < -0.3 is 15.2 Å². The maximum absolute atomic E-state index is 10.7. The lowest BCUT2D eigenvalue weighted by molar-refractivity contribution is -0.0245. The summed E-state index contributed by atoms with van der Waals surface area (Å²) >= 11 is 3.56. The Morgan fingerprint density at radius 1 is 1.24 bits per heavy atom. The molecule has 0 atom stereocenters. The maximum atomic E-state index is 10.7. The van der Waals surface area contributed by atoms with E-state index in [0.717, 1.165) is 48.0 Å². The van der Waals surface area contributed by atoms with Crippen LogP contribution in [0.4, 0.5) is 0 Å². The van der Waals surface area contributed by atoms with E-state index in [1.807, 2.05) is 18.2 Å². The lowest BCUT2D eigenvalue weighted by atomic mass is 9.71. The molecule has 1 fully saturated rings. The first-order valence-electron chi connectivity index (χ1n) is 7.59. The number of aliphatic hydroxyl groups is 1. The minimum atomic E-state index is -0.555. The molecular weight excluding hydrogens is 330 g/mol. The van der Waals surface area contributed by atoms with Crippen LogP contribution in [0.15, 0.2) is 22.7 Å². The molecule has 1 aliphatic carbocycles. The normalized spacial score (nSPS) is 20.2. The van der Waals surface area contributed by atoms with Crippen LogP contribution in [0.5, 0.6) is 5.75 Å².